The molecular formula is C10H14N6S. The van der Waals surface area contributed by atoms with Gasteiger partial charge in [0.25, 0.3) is 0 Å². The molecule has 0 aliphatic carbocycles. The molecule has 0 aromatic heterocycles. The number of hydrazine groups is 1. The van der Waals surface area contributed by atoms with E-state index in [1.807, 2.05) is 35.2 Å². The maximum absolute atomic E-state index is 5.33. The van der Waals surface area contributed by atoms with Crippen LogP contribution in [0, 0.1) is 0 Å². The Morgan fingerprint density at radius 2 is 2.24 bits per heavy atom. The summed E-state index contributed by atoms with van der Waals surface area (Å²) in [5.74, 6) is 2.02. The molecule has 0 amide bonds. The molecule has 3 heterocycles. The Hall–Kier alpha value is -1.63. The Bertz CT molecular complexity index is 479. The lowest BCUT2D eigenvalue weighted by Gasteiger charge is -2.30. The molecule has 3 aliphatic rings. The van der Waals surface area contributed by atoms with E-state index in [1.165, 1.54) is 0 Å². The van der Waals surface area contributed by atoms with E-state index >= 15 is 0 Å². The largest absolute Gasteiger partial charge is 0.272 e. The number of hydrogen-bond donors (Lipinski definition) is 1. The lowest BCUT2D eigenvalue weighted by molar-refractivity contribution is 0.295. The minimum atomic E-state index is -0.0126. The minimum absolute atomic E-state index is 0.0126. The average molecular weight is 250 g/mol. The van der Waals surface area contributed by atoms with Crippen LogP contribution in [0.5, 0.6) is 0 Å². The van der Waals surface area contributed by atoms with E-state index in [0.29, 0.717) is 5.11 Å². The van der Waals surface area contributed by atoms with Gasteiger partial charge in [-0.15, -0.1) is 0 Å². The van der Waals surface area contributed by atoms with E-state index in [2.05, 4.69) is 17.5 Å². The van der Waals surface area contributed by atoms with Crippen LogP contribution in [-0.4, -0.2) is 52.3 Å². The molecule has 1 N–H and O–H groups in total. The fourth-order valence-electron chi connectivity index (χ4n) is 2.31. The molecule has 3 aliphatic heterocycles. The van der Waals surface area contributed by atoms with Crippen LogP contribution in [0.3, 0.4) is 0 Å². The maximum atomic E-state index is 5.33. The number of likely N-dealkylation sites (N-methyl/N-ethyl adjacent to an activating group) is 1. The molecular weight excluding hydrogens is 236 g/mol. The van der Waals surface area contributed by atoms with Gasteiger partial charge in [-0.05, 0) is 12.2 Å². The van der Waals surface area contributed by atoms with Crippen LogP contribution in [0.15, 0.2) is 21.5 Å². The van der Waals surface area contributed by atoms with E-state index < -0.39 is 0 Å². The van der Waals surface area contributed by atoms with Crippen molar-refractivity contribution < 1.29 is 0 Å². The van der Waals surface area contributed by atoms with Crippen molar-refractivity contribution in [1.82, 2.24) is 20.3 Å². The van der Waals surface area contributed by atoms with Crippen LogP contribution in [0.2, 0.25) is 0 Å². The van der Waals surface area contributed by atoms with Gasteiger partial charge in [0.05, 0.1) is 11.8 Å². The number of hydrogen-bond acceptors (Lipinski definition) is 5. The van der Waals surface area contributed by atoms with Crippen molar-refractivity contribution in [2.45, 2.75) is 19.5 Å². The first kappa shape index (κ1) is 10.5. The fourth-order valence-corrected chi connectivity index (χ4v) is 2.64. The summed E-state index contributed by atoms with van der Waals surface area (Å²) in [5, 5.41) is 8.76. The van der Waals surface area contributed by atoms with Crippen molar-refractivity contribution in [2.24, 2.45) is 10.1 Å². The SMILES string of the molecule is CCC1=NC2C(=C3N(C)NC(=S)N13)C=NN2C. The number of fused-ring (bicyclic) bond motifs is 2. The second kappa shape index (κ2) is 3.43. The zero-order valence-electron chi connectivity index (χ0n) is 10.0. The smallest absolute Gasteiger partial charge is 0.199 e. The first-order chi connectivity index (χ1) is 8.13. The summed E-state index contributed by atoms with van der Waals surface area (Å²) < 4.78 is 0. The van der Waals surface area contributed by atoms with Crippen LogP contribution >= 0.6 is 12.2 Å². The lowest BCUT2D eigenvalue weighted by Crippen LogP contribution is -2.40. The van der Waals surface area contributed by atoms with Gasteiger partial charge in [0.15, 0.2) is 11.3 Å². The molecule has 90 valence electrons. The Balaban J connectivity index is 2.14. The summed E-state index contributed by atoms with van der Waals surface area (Å²) >= 11 is 5.33. The Kier molecular flexibility index (Phi) is 2.12. The van der Waals surface area contributed by atoms with E-state index in [1.54, 1.807) is 0 Å². The molecule has 0 bridgehead atoms. The van der Waals surface area contributed by atoms with Crippen molar-refractivity contribution in [3.8, 4) is 0 Å². The highest BCUT2D eigenvalue weighted by molar-refractivity contribution is 7.80. The van der Waals surface area contributed by atoms with Crippen LogP contribution in [0.4, 0.5) is 0 Å². The third-order valence-corrected chi connectivity index (χ3v) is 3.38. The van der Waals surface area contributed by atoms with Crippen LogP contribution in [0.25, 0.3) is 0 Å². The monoisotopic (exact) mass is 250 g/mol. The van der Waals surface area contributed by atoms with Gasteiger partial charge in [0, 0.05) is 20.5 Å². The van der Waals surface area contributed by atoms with Gasteiger partial charge in [0.2, 0.25) is 0 Å². The normalized spacial score (nSPS) is 26.3. The van der Waals surface area contributed by atoms with Gasteiger partial charge in [-0.25, -0.2) is 4.99 Å². The number of amidine groups is 1. The van der Waals surface area contributed by atoms with Gasteiger partial charge in [-0.1, -0.05) is 6.92 Å². The van der Waals surface area contributed by atoms with E-state index in [0.717, 1.165) is 23.7 Å². The summed E-state index contributed by atoms with van der Waals surface area (Å²) in [6.45, 7) is 2.08. The van der Waals surface area contributed by atoms with Crippen LogP contribution in [-0.2, 0) is 0 Å². The second-order valence-electron chi connectivity index (χ2n) is 4.18. The quantitative estimate of drug-likeness (QED) is 0.679. The van der Waals surface area contributed by atoms with Crippen molar-refractivity contribution in [3.63, 3.8) is 0 Å². The highest BCUT2D eigenvalue weighted by atomic mass is 32.1. The van der Waals surface area contributed by atoms with Gasteiger partial charge < -0.3 is 0 Å². The lowest BCUT2D eigenvalue weighted by atomic mass is 10.1. The highest BCUT2D eigenvalue weighted by Crippen LogP contribution is 2.31. The molecule has 3 rings (SSSR count). The average Bonchev–Trinajstić information content (AvgIpc) is 2.81. The third kappa shape index (κ3) is 1.28. The van der Waals surface area contributed by atoms with Crippen molar-refractivity contribution in [2.75, 3.05) is 14.1 Å². The summed E-state index contributed by atoms with van der Waals surface area (Å²) in [4.78, 5) is 6.69. The summed E-state index contributed by atoms with van der Waals surface area (Å²) in [5.41, 5.74) is 4.21. The summed E-state index contributed by atoms with van der Waals surface area (Å²) in [6, 6.07) is 0. The maximum Gasteiger partial charge on any atom is 0.199 e. The molecule has 0 radical (unpaired) electrons. The Labute approximate surface area is 105 Å². The number of aliphatic imine (C=N–C) groups is 1. The van der Waals surface area contributed by atoms with Crippen molar-refractivity contribution in [1.29, 1.82) is 0 Å². The van der Waals surface area contributed by atoms with Gasteiger partial charge in [0.1, 0.15) is 11.7 Å². The standard InChI is InChI=1S/C10H14N6S/c1-4-7-12-8-6(5-11-14(8)2)9-15(3)13-10(17)16(7)9/h5,8H,4H2,1-3H3,(H,13,17). The van der Waals surface area contributed by atoms with Gasteiger partial charge >= 0.3 is 0 Å². The summed E-state index contributed by atoms with van der Waals surface area (Å²) in [6.07, 6.45) is 2.69. The number of thiocarbonyl (C=S) groups is 1. The first-order valence-corrected chi connectivity index (χ1v) is 5.96. The number of nitrogens with zero attached hydrogens (tertiary/aromatic N) is 5. The van der Waals surface area contributed by atoms with E-state index in [9.17, 15) is 0 Å². The number of rotatable bonds is 1. The Morgan fingerprint density at radius 1 is 1.47 bits per heavy atom. The molecule has 1 atom stereocenters. The highest BCUT2D eigenvalue weighted by Gasteiger charge is 2.40. The van der Waals surface area contributed by atoms with Gasteiger partial charge in [-0.3, -0.25) is 20.3 Å². The first-order valence-electron chi connectivity index (χ1n) is 5.55. The van der Waals surface area contributed by atoms with E-state index in [4.69, 9.17) is 17.2 Å². The molecule has 6 nitrogen and oxygen atoms in total. The zero-order chi connectivity index (χ0) is 12.2. The molecule has 0 aromatic carbocycles. The van der Waals surface area contributed by atoms with Crippen LogP contribution < -0.4 is 5.43 Å². The fraction of sp³-hybridized carbons (Fsp3) is 0.500. The number of nitrogens with one attached hydrogen (secondary N) is 1. The van der Waals surface area contributed by atoms with Gasteiger partial charge in [-0.2, -0.15) is 5.10 Å². The van der Waals surface area contributed by atoms with E-state index in [-0.39, 0.29) is 6.17 Å². The van der Waals surface area contributed by atoms with Crippen LogP contribution in [0.1, 0.15) is 13.3 Å². The molecule has 17 heavy (non-hydrogen) atoms. The molecule has 0 spiro atoms. The molecule has 7 heteroatoms. The second-order valence-corrected chi connectivity index (χ2v) is 4.57. The molecule has 1 fully saturated rings. The topological polar surface area (TPSA) is 46.5 Å². The third-order valence-electron chi connectivity index (χ3n) is 3.11. The molecule has 0 saturated carbocycles. The predicted molar refractivity (Wildman–Crippen MR) is 70.1 cm³/mol. The minimum Gasteiger partial charge on any atom is -0.272 e. The predicted octanol–water partition coefficient (Wildman–Crippen LogP) is 0.314. The van der Waals surface area contributed by atoms with Crippen molar-refractivity contribution >= 4 is 29.4 Å². The molecule has 1 unspecified atom stereocenters. The number of hydrazone groups is 1. The zero-order valence-corrected chi connectivity index (χ0v) is 10.8. The Morgan fingerprint density at radius 3 is 2.94 bits per heavy atom. The summed E-state index contributed by atoms with van der Waals surface area (Å²) in [7, 11) is 3.89. The molecule has 1 saturated heterocycles. The molecule has 0 aromatic rings. The van der Waals surface area contributed by atoms with Crippen molar-refractivity contribution in [3.05, 3.63) is 11.4 Å².